The molecule has 1 aliphatic rings. The summed E-state index contributed by atoms with van der Waals surface area (Å²) in [6.45, 7) is 4.26. The number of carbonyl (C=O) groups excluding carboxylic acids is 1. The van der Waals surface area contributed by atoms with Crippen LogP contribution in [0.15, 0.2) is 24.4 Å². The summed E-state index contributed by atoms with van der Waals surface area (Å²) < 4.78 is 0. The van der Waals surface area contributed by atoms with Gasteiger partial charge in [0.2, 0.25) is 5.95 Å². The maximum atomic E-state index is 12.4. The standard InChI is InChI=1S/C17H19Cl2N5O/c1-2-20-16-21-9-12-5-6-24(10-15(12)23-16)17(25)22-8-11-3-4-13(18)14(19)7-11/h3-4,7,9H,2,5-6,8,10H2,1H3,(H,22,25)(H,20,21,23). The van der Waals surface area contributed by atoms with Crippen molar-refractivity contribution in [3.63, 3.8) is 0 Å². The van der Waals surface area contributed by atoms with E-state index in [9.17, 15) is 4.79 Å². The molecule has 0 atom stereocenters. The van der Waals surface area contributed by atoms with Crippen molar-refractivity contribution in [2.75, 3.05) is 18.4 Å². The summed E-state index contributed by atoms with van der Waals surface area (Å²) in [5.41, 5.74) is 2.88. The quantitative estimate of drug-likeness (QED) is 0.852. The minimum Gasteiger partial charge on any atom is -0.354 e. The second-order valence-corrected chi connectivity index (χ2v) is 6.59. The summed E-state index contributed by atoms with van der Waals surface area (Å²) in [5, 5.41) is 6.99. The highest BCUT2D eigenvalue weighted by Gasteiger charge is 2.22. The zero-order valence-electron chi connectivity index (χ0n) is 13.9. The number of hydrogen-bond donors (Lipinski definition) is 2. The number of hydrogen-bond acceptors (Lipinski definition) is 4. The largest absolute Gasteiger partial charge is 0.354 e. The molecule has 2 heterocycles. The molecule has 3 rings (SSSR count). The van der Waals surface area contributed by atoms with Gasteiger partial charge in [-0.2, -0.15) is 0 Å². The van der Waals surface area contributed by atoms with Gasteiger partial charge < -0.3 is 15.5 Å². The number of nitrogens with one attached hydrogen (secondary N) is 2. The van der Waals surface area contributed by atoms with E-state index in [1.54, 1.807) is 17.0 Å². The van der Waals surface area contributed by atoms with Gasteiger partial charge in [0.25, 0.3) is 0 Å². The number of nitrogens with zero attached hydrogens (tertiary/aromatic N) is 3. The van der Waals surface area contributed by atoms with Gasteiger partial charge in [-0.3, -0.25) is 0 Å². The highest BCUT2D eigenvalue weighted by atomic mass is 35.5. The van der Waals surface area contributed by atoms with Gasteiger partial charge in [-0.25, -0.2) is 14.8 Å². The molecule has 1 aliphatic heterocycles. The summed E-state index contributed by atoms with van der Waals surface area (Å²) in [5.74, 6) is 0.597. The van der Waals surface area contributed by atoms with Gasteiger partial charge in [-0.1, -0.05) is 29.3 Å². The Morgan fingerprint density at radius 2 is 2.16 bits per heavy atom. The van der Waals surface area contributed by atoms with Gasteiger partial charge in [0.1, 0.15) is 0 Å². The molecular weight excluding hydrogens is 361 g/mol. The number of halogens is 2. The predicted molar refractivity (Wildman–Crippen MR) is 99.0 cm³/mol. The van der Waals surface area contributed by atoms with E-state index in [1.807, 2.05) is 19.2 Å². The fourth-order valence-corrected chi connectivity index (χ4v) is 2.98. The molecule has 2 N–H and O–H groups in total. The number of benzene rings is 1. The van der Waals surface area contributed by atoms with Crippen LogP contribution in [-0.2, 0) is 19.5 Å². The first-order valence-corrected chi connectivity index (χ1v) is 8.87. The Hall–Kier alpha value is -2.05. The summed E-state index contributed by atoms with van der Waals surface area (Å²) in [6, 6.07) is 5.20. The lowest BCUT2D eigenvalue weighted by Gasteiger charge is -2.28. The zero-order chi connectivity index (χ0) is 17.8. The Labute approximate surface area is 156 Å². The SMILES string of the molecule is CCNc1ncc2c(n1)CN(C(=O)NCc1ccc(Cl)c(Cl)c1)CC2. The van der Waals surface area contributed by atoms with Crippen molar-refractivity contribution >= 4 is 35.2 Å². The van der Waals surface area contributed by atoms with Gasteiger partial charge >= 0.3 is 6.03 Å². The van der Waals surface area contributed by atoms with Crippen molar-refractivity contribution in [1.29, 1.82) is 0 Å². The normalized spacial score (nSPS) is 13.3. The Kier molecular flexibility index (Phi) is 5.60. The minimum absolute atomic E-state index is 0.125. The maximum Gasteiger partial charge on any atom is 0.318 e. The predicted octanol–water partition coefficient (Wildman–Crippen LogP) is 3.48. The molecule has 0 saturated heterocycles. The molecule has 25 heavy (non-hydrogen) atoms. The smallest absolute Gasteiger partial charge is 0.318 e. The number of anilines is 1. The lowest BCUT2D eigenvalue weighted by Crippen LogP contribution is -2.42. The van der Waals surface area contributed by atoms with Crippen molar-refractivity contribution in [1.82, 2.24) is 20.2 Å². The van der Waals surface area contributed by atoms with E-state index in [4.69, 9.17) is 23.2 Å². The highest BCUT2D eigenvalue weighted by molar-refractivity contribution is 6.42. The zero-order valence-corrected chi connectivity index (χ0v) is 15.4. The van der Waals surface area contributed by atoms with Crippen LogP contribution in [-0.4, -0.2) is 34.0 Å². The molecule has 0 radical (unpaired) electrons. The van der Waals surface area contributed by atoms with Crippen LogP contribution in [0.2, 0.25) is 10.0 Å². The molecule has 0 unspecified atom stereocenters. The van der Waals surface area contributed by atoms with E-state index in [2.05, 4.69) is 20.6 Å². The first kappa shape index (κ1) is 17.8. The van der Waals surface area contributed by atoms with Crippen LogP contribution in [0.1, 0.15) is 23.7 Å². The molecule has 0 bridgehead atoms. The van der Waals surface area contributed by atoms with Crippen LogP contribution in [0.4, 0.5) is 10.7 Å². The van der Waals surface area contributed by atoms with Crippen molar-refractivity contribution < 1.29 is 4.79 Å². The summed E-state index contributed by atoms with van der Waals surface area (Å²) in [7, 11) is 0. The molecule has 0 fully saturated rings. The Balaban J connectivity index is 1.61. The molecule has 2 aromatic rings. The summed E-state index contributed by atoms with van der Waals surface area (Å²) in [6.07, 6.45) is 2.59. The average molecular weight is 380 g/mol. The van der Waals surface area contributed by atoms with E-state index >= 15 is 0 Å². The van der Waals surface area contributed by atoms with Gasteiger partial charge in [0.05, 0.1) is 22.3 Å². The van der Waals surface area contributed by atoms with E-state index in [1.165, 1.54) is 0 Å². The van der Waals surface area contributed by atoms with Crippen molar-refractivity contribution in [3.8, 4) is 0 Å². The highest BCUT2D eigenvalue weighted by Crippen LogP contribution is 2.22. The third kappa shape index (κ3) is 4.32. The van der Waals surface area contributed by atoms with Crippen LogP contribution in [0, 0.1) is 0 Å². The number of urea groups is 1. The van der Waals surface area contributed by atoms with Crippen LogP contribution in [0.25, 0.3) is 0 Å². The molecule has 8 heteroatoms. The Morgan fingerprint density at radius 3 is 2.92 bits per heavy atom. The molecule has 6 nitrogen and oxygen atoms in total. The molecule has 1 aromatic heterocycles. The molecule has 0 spiro atoms. The number of carbonyl (C=O) groups is 1. The fraction of sp³-hybridized carbons (Fsp3) is 0.353. The van der Waals surface area contributed by atoms with E-state index in [0.717, 1.165) is 29.8 Å². The topological polar surface area (TPSA) is 70.2 Å². The summed E-state index contributed by atoms with van der Waals surface area (Å²) in [4.78, 5) is 23.0. The monoisotopic (exact) mass is 379 g/mol. The second kappa shape index (κ2) is 7.89. The van der Waals surface area contributed by atoms with E-state index in [-0.39, 0.29) is 6.03 Å². The number of fused-ring (bicyclic) bond motifs is 1. The number of rotatable bonds is 4. The van der Waals surface area contributed by atoms with Crippen molar-refractivity contribution in [2.45, 2.75) is 26.4 Å². The summed E-state index contributed by atoms with van der Waals surface area (Å²) >= 11 is 11.9. The van der Waals surface area contributed by atoms with E-state index < -0.39 is 0 Å². The van der Waals surface area contributed by atoms with Crippen molar-refractivity contribution in [3.05, 3.63) is 51.3 Å². The second-order valence-electron chi connectivity index (χ2n) is 5.77. The molecular formula is C17H19Cl2N5O. The van der Waals surface area contributed by atoms with Gasteiger partial charge in [-0.15, -0.1) is 0 Å². The van der Waals surface area contributed by atoms with Crippen LogP contribution in [0.3, 0.4) is 0 Å². The number of amides is 2. The Morgan fingerprint density at radius 1 is 1.32 bits per heavy atom. The van der Waals surface area contributed by atoms with E-state index in [0.29, 0.717) is 35.6 Å². The molecule has 2 amide bonds. The van der Waals surface area contributed by atoms with Gasteiger partial charge in [-0.05, 0) is 36.6 Å². The first-order valence-electron chi connectivity index (χ1n) is 8.12. The third-order valence-electron chi connectivity index (χ3n) is 4.00. The third-order valence-corrected chi connectivity index (χ3v) is 4.73. The maximum absolute atomic E-state index is 12.4. The van der Waals surface area contributed by atoms with Crippen LogP contribution in [0.5, 0.6) is 0 Å². The van der Waals surface area contributed by atoms with Gasteiger partial charge in [0, 0.05) is 25.8 Å². The molecule has 0 saturated carbocycles. The van der Waals surface area contributed by atoms with Crippen molar-refractivity contribution in [2.24, 2.45) is 0 Å². The fourth-order valence-electron chi connectivity index (χ4n) is 2.66. The lowest BCUT2D eigenvalue weighted by molar-refractivity contribution is 0.191. The minimum atomic E-state index is -0.125. The molecule has 132 valence electrons. The van der Waals surface area contributed by atoms with Crippen LogP contribution >= 0.6 is 23.2 Å². The van der Waals surface area contributed by atoms with Gasteiger partial charge in [0.15, 0.2) is 0 Å². The number of aromatic nitrogens is 2. The Bertz CT molecular complexity index is 784. The van der Waals surface area contributed by atoms with Crippen LogP contribution < -0.4 is 10.6 Å². The average Bonchev–Trinajstić information content (AvgIpc) is 2.62. The molecule has 0 aliphatic carbocycles. The molecule has 1 aromatic carbocycles. The first-order chi connectivity index (χ1) is 12.1. The lowest BCUT2D eigenvalue weighted by atomic mass is 10.1.